The molecule has 0 saturated carbocycles. The largest absolute Gasteiger partial charge is 0.233 e. The molecule has 2 nitrogen and oxygen atoms in total. The molecule has 0 fully saturated rings. The van der Waals surface area contributed by atoms with Gasteiger partial charge in [-0.2, -0.15) is 0 Å². The molecule has 3 heteroatoms. The Morgan fingerprint density at radius 1 is 0.944 bits per heavy atom. The van der Waals surface area contributed by atoms with Crippen LogP contribution in [-0.4, -0.2) is 9.97 Å². The van der Waals surface area contributed by atoms with Gasteiger partial charge in [-0.25, -0.2) is 9.97 Å². The Bertz CT molecular complexity index is 556. The van der Waals surface area contributed by atoms with Gasteiger partial charge in [0.2, 0.25) is 0 Å². The molecule has 0 unspecified atom stereocenters. The SMILES string of the molecule is Cc1cc(C)cc(-c2cc(Br)nc(C(C)C)n2)c1. The molecule has 0 amide bonds. The van der Waals surface area contributed by atoms with Gasteiger partial charge < -0.3 is 0 Å². The van der Waals surface area contributed by atoms with Gasteiger partial charge in [0.25, 0.3) is 0 Å². The third kappa shape index (κ3) is 2.96. The molecule has 1 aromatic carbocycles. The first kappa shape index (κ1) is 13.2. The fourth-order valence-corrected chi connectivity index (χ4v) is 2.36. The quantitative estimate of drug-likeness (QED) is 0.755. The molecule has 0 radical (unpaired) electrons. The third-order valence-corrected chi connectivity index (χ3v) is 3.15. The van der Waals surface area contributed by atoms with E-state index in [0.29, 0.717) is 5.92 Å². The Kier molecular flexibility index (Phi) is 3.81. The molecule has 1 aromatic heterocycles. The van der Waals surface area contributed by atoms with Gasteiger partial charge in [-0.1, -0.05) is 31.0 Å². The average Bonchev–Trinajstić information content (AvgIpc) is 2.26. The smallest absolute Gasteiger partial charge is 0.132 e. The van der Waals surface area contributed by atoms with E-state index in [0.717, 1.165) is 21.7 Å². The maximum atomic E-state index is 4.64. The van der Waals surface area contributed by atoms with Crippen LogP contribution in [0, 0.1) is 13.8 Å². The van der Waals surface area contributed by atoms with E-state index in [1.165, 1.54) is 11.1 Å². The number of nitrogens with zero attached hydrogens (tertiary/aromatic N) is 2. The zero-order chi connectivity index (χ0) is 13.3. The Morgan fingerprint density at radius 2 is 1.56 bits per heavy atom. The van der Waals surface area contributed by atoms with E-state index in [4.69, 9.17) is 0 Å². The lowest BCUT2D eigenvalue weighted by Crippen LogP contribution is -1.99. The number of aryl methyl sites for hydroxylation is 2. The summed E-state index contributed by atoms with van der Waals surface area (Å²) in [7, 11) is 0. The van der Waals surface area contributed by atoms with E-state index in [-0.39, 0.29) is 0 Å². The van der Waals surface area contributed by atoms with Crippen LogP contribution in [0.5, 0.6) is 0 Å². The summed E-state index contributed by atoms with van der Waals surface area (Å²) in [5, 5.41) is 0. The van der Waals surface area contributed by atoms with E-state index >= 15 is 0 Å². The second-order valence-electron chi connectivity index (χ2n) is 4.97. The van der Waals surface area contributed by atoms with Gasteiger partial charge in [-0.05, 0) is 48.0 Å². The highest BCUT2D eigenvalue weighted by atomic mass is 79.9. The second kappa shape index (κ2) is 5.19. The molecule has 0 N–H and O–H groups in total. The monoisotopic (exact) mass is 304 g/mol. The third-order valence-electron chi connectivity index (χ3n) is 2.75. The van der Waals surface area contributed by atoms with E-state index in [9.17, 15) is 0 Å². The maximum Gasteiger partial charge on any atom is 0.132 e. The average molecular weight is 305 g/mol. The van der Waals surface area contributed by atoms with Crippen LogP contribution in [0.1, 0.15) is 36.7 Å². The lowest BCUT2D eigenvalue weighted by Gasteiger charge is -2.09. The standard InChI is InChI=1S/C15H17BrN2/c1-9(2)15-17-13(8-14(16)18-15)12-6-10(3)5-11(4)7-12/h5-9H,1-4H3. The molecule has 0 aliphatic carbocycles. The number of benzene rings is 1. The van der Waals surface area contributed by atoms with Gasteiger partial charge in [-0.15, -0.1) is 0 Å². The second-order valence-corrected chi connectivity index (χ2v) is 5.78. The van der Waals surface area contributed by atoms with Crippen molar-refractivity contribution in [3.63, 3.8) is 0 Å². The minimum absolute atomic E-state index is 0.326. The molecular formula is C15H17BrN2. The number of aromatic nitrogens is 2. The van der Waals surface area contributed by atoms with Gasteiger partial charge in [0, 0.05) is 11.5 Å². The zero-order valence-electron chi connectivity index (χ0n) is 11.2. The first-order valence-corrected chi connectivity index (χ1v) is 6.88. The highest BCUT2D eigenvalue weighted by molar-refractivity contribution is 9.10. The molecule has 0 saturated heterocycles. The van der Waals surface area contributed by atoms with E-state index in [1.807, 2.05) is 6.07 Å². The molecule has 2 rings (SSSR count). The van der Waals surface area contributed by atoms with Crippen LogP contribution in [0.2, 0.25) is 0 Å². The predicted octanol–water partition coefficient (Wildman–Crippen LogP) is 4.65. The molecule has 18 heavy (non-hydrogen) atoms. The van der Waals surface area contributed by atoms with Crippen LogP contribution in [0.25, 0.3) is 11.3 Å². The lowest BCUT2D eigenvalue weighted by molar-refractivity contribution is 0.771. The summed E-state index contributed by atoms with van der Waals surface area (Å²) in [6.07, 6.45) is 0. The Hall–Kier alpha value is -1.22. The molecule has 0 aliphatic heterocycles. The molecule has 1 heterocycles. The van der Waals surface area contributed by atoms with Gasteiger partial charge in [0.15, 0.2) is 0 Å². The van der Waals surface area contributed by atoms with Crippen LogP contribution < -0.4 is 0 Å². The van der Waals surface area contributed by atoms with Crippen molar-refractivity contribution in [2.45, 2.75) is 33.6 Å². The van der Waals surface area contributed by atoms with Crippen molar-refractivity contribution in [3.05, 3.63) is 45.8 Å². The van der Waals surface area contributed by atoms with Crippen molar-refractivity contribution in [1.82, 2.24) is 9.97 Å². The molecule has 2 aromatic rings. The fraction of sp³-hybridized carbons (Fsp3) is 0.333. The lowest BCUT2D eigenvalue weighted by atomic mass is 10.0. The summed E-state index contributed by atoms with van der Waals surface area (Å²) in [5.74, 6) is 1.20. The van der Waals surface area contributed by atoms with Gasteiger partial charge in [-0.3, -0.25) is 0 Å². The fourth-order valence-electron chi connectivity index (χ4n) is 1.96. The highest BCUT2D eigenvalue weighted by Gasteiger charge is 2.09. The van der Waals surface area contributed by atoms with Gasteiger partial charge >= 0.3 is 0 Å². The molecule has 0 aliphatic rings. The van der Waals surface area contributed by atoms with Crippen LogP contribution in [0.15, 0.2) is 28.9 Å². The molecular weight excluding hydrogens is 288 g/mol. The van der Waals surface area contributed by atoms with E-state index in [1.54, 1.807) is 0 Å². The first-order valence-electron chi connectivity index (χ1n) is 6.09. The van der Waals surface area contributed by atoms with Crippen LogP contribution in [0.4, 0.5) is 0 Å². The minimum atomic E-state index is 0.326. The van der Waals surface area contributed by atoms with Crippen LogP contribution >= 0.6 is 15.9 Å². The molecule has 94 valence electrons. The highest BCUT2D eigenvalue weighted by Crippen LogP contribution is 2.24. The van der Waals surface area contributed by atoms with Crippen molar-refractivity contribution in [3.8, 4) is 11.3 Å². The first-order chi connectivity index (χ1) is 8.45. The van der Waals surface area contributed by atoms with Crippen LogP contribution in [-0.2, 0) is 0 Å². The van der Waals surface area contributed by atoms with Crippen LogP contribution in [0.3, 0.4) is 0 Å². The number of halogens is 1. The number of rotatable bonds is 2. The topological polar surface area (TPSA) is 25.8 Å². The van der Waals surface area contributed by atoms with Gasteiger partial charge in [0.1, 0.15) is 10.4 Å². The van der Waals surface area contributed by atoms with Crippen molar-refractivity contribution >= 4 is 15.9 Å². The molecule has 0 atom stereocenters. The number of hydrogen-bond donors (Lipinski definition) is 0. The summed E-state index contributed by atoms with van der Waals surface area (Å²) >= 11 is 3.46. The Balaban J connectivity index is 2.56. The zero-order valence-corrected chi connectivity index (χ0v) is 12.7. The van der Waals surface area contributed by atoms with E-state index in [2.05, 4.69) is 71.8 Å². The number of hydrogen-bond acceptors (Lipinski definition) is 2. The molecule has 0 bridgehead atoms. The van der Waals surface area contributed by atoms with Crippen molar-refractivity contribution in [2.75, 3.05) is 0 Å². The van der Waals surface area contributed by atoms with Crippen molar-refractivity contribution < 1.29 is 0 Å². The van der Waals surface area contributed by atoms with Crippen molar-refractivity contribution in [2.24, 2.45) is 0 Å². The van der Waals surface area contributed by atoms with E-state index < -0.39 is 0 Å². The van der Waals surface area contributed by atoms with Crippen molar-refractivity contribution in [1.29, 1.82) is 0 Å². The van der Waals surface area contributed by atoms with Gasteiger partial charge in [0.05, 0.1) is 5.69 Å². The predicted molar refractivity (Wildman–Crippen MR) is 78.7 cm³/mol. The minimum Gasteiger partial charge on any atom is -0.233 e. The maximum absolute atomic E-state index is 4.64. The molecule has 0 spiro atoms. The Morgan fingerprint density at radius 3 is 2.11 bits per heavy atom. The summed E-state index contributed by atoms with van der Waals surface area (Å²) in [6, 6.07) is 8.46. The summed E-state index contributed by atoms with van der Waals surface area (Å²) < 4.78 is 0.843. The summed E-state index contributed by atoms with van der Waals surface area (Å²) in [5.41, 5.74) is 4.64. The summed E-state index contributed by atoms with van der Waals surface area (Å²) in [4.78, 5) is 9.05. The summed E-state index contributed by atoms with van der Waals surface area (Å²) in [6.45, 7) is 8.42. The Labute approximate surface area is 117 Å². The normalized spacial score (nSPS) is 11.0.